The minimum atomic E-state index is -3.97. The van der Waals surface area contributed by atoms with E-state index in [4.69, 9.17) is 4.74 Å². The van der Waals surface area contributed by atoms with Crippen molar-refractivity contribution in [2.24, 2.45) is 0 Å². The van der Waals surface area contributed by atoms with Crippen LogP contribution < -0.4 is 10.4 Å². The lowest BCUT2D eigenvalue weighted by molar-refractivity contribution is -0.134. The van der Waals surface area contributed by atoms with E-state index in [-0.39, 0.29) is 51.6 Å². The molecule has 0 bridgehead atoms. The molecular formula is C23H33ClN4O5S2. The number of ether oxygens (including phenoxy) is 1. The molecule has 2 N–H and O–H groups in total. The smallest absolute Gasteiger partial charge is 0.266 e. The molecule has 0 atom stereocenters. The summed E-state index contributed by atoms with van der Waals surface area (Å²) >= 11 is 1.59. The van der Waals surface area contributed by atoms with Crippen molar-refractivity contribution >= 4 is 44.8 Å². The highest BCUT2D eigenvalue weighted by Crippen LogP contribution is 2.35. The summed E-state index contributed by atoms with van der Waals surface area (Å²) in [5.74, 6) is -0.886. The van der Waals surface area contributed by atoms with E-state index < -0.39 is 20.7 Å². The van der Waals surface area contributed by atoms with E-state index in [0.717, 1.165) is 22.0 Å². The number of piperazine rings is 1. The Morgan fingerprint density at radius 2 is 1.83 bits per heavy atom. The third-order valence-electron chi connectivity index (χ3n) is 6.71. The molecule has 0 unspecified atom stereocenters. The Bertz CT molecular complexity index is 1080. The van der Waals surface area contributed by atoms with Crippen LogP contribution in [0.2, 0.25) is 0 Å². The number of benzene rings is 1. The largest absolute Gasteiger partial charge is 0.381 e. The van der Waals surface area contributed by atoms with Crippen LogP contribution in [0.25, 0.3) is 10.4 Å². The molecule has 2 aliphatic rings. The summed E-state index contributed by atoms with van der Waals surface area (Å²) in [7, 11) is -3.97. The Hall–Kier alpha value is -1.76. The predicted octanol–water partition coefficient (Wildman–Crippen LogP) is 3.08. The van der Waals surface area contributed by atoms with Crippen molar-refractivity contribution < 1.29 is 23.2 Å². The number of halogens is 1. The number of amides is 1. The minimum absolute atomic E-state index is 0. The van der Waals surface area contributed by atoms with Gasteiger partial charge in [0, 0.05) is 58.4 Å². The van der Waals surface area contributed by atoms with Crippen molar-refractivity contribution in [2.75, 3.05) is 44.3 Å². The van der Waals surface area contributed by atoms with Crippen molar-refractivity contribution in [3.63, 3.8) is 0 Å². The van der Waals surface area contributed by atoms with Crippen molar-refractivity contribution in [1.82, 2.24) is 14.8 Å². The first-order chi connectivity index (χ1) is 16.4. The number of unbranched alkanes of at least 4 members (excludes halogenated alkanes) is 1. The summed E-state index contributed by atoms with van der Waals surface area (Å²) in [6.07, 6.45) is 5.37. The molecular weight excluding hydrogens is 512 g/mol. The maximum atomic E-state index is 13.5. The molecule has 0 spiro atoms. The van der Waals surface area contributed by atoms with Crippen LogP contribution in [0, 0.1) is 0 Å². The van der Waals surface area contributed by atoms with E-state index in [1.54, 1.807) is 16.8 Å². The molecule has 3 heterocycles. The fourth-order valence-electron chi connectivity index (χ4n) is 4.53. The fraction of sp³-hybridized carbons (Fsp3) is 0.565. The number of thiazole rings is 1. The maximum Gasteiger partial charge on any atom is 0.266 e. The summed E-state index contributed by atoms with van der Waals surface area (Å²) in [5, 5.41) is 10.1. The van der Waals surface area contributed by atoms with Crippen LogP contribution >= 0.6 is 23.7 Å². The van der Waals surface area contributed by atoms with Gasteiger partial charge in [-0.25, -0.2) is 18.9 Å². The molecule has 9 nitrogen and oxygen atoms in total. The van der Waals surface area contributed by atoms with Crippen LogP contribution in [0.1, 0.15) is 38.2 Å². The summed E-state index contributed by atoms with van der Waals surface area (Å²) in [6.45, 7) is 3.99. The molecule has 1 amide bonds. The minimum Gasteiger partial charge on any atom is -0.381 e. The Labute approximate surface area is 216 Å². The summed E-state index contributed by atoms with van der Waals surface area (Å²) in [5.41, 5.74) is 4.03. The second kappa shape index (κ2) is 12.0. The van der Waals surface area contributed by atoms with Crippen molar-refractivity contribution in [3.8, 4) is 10.4 Å². The molecule has 0 aliphatic carbocycles. The van der Waals surface area contributed by atoms with E-state index in [9.17, 15) is 18.4 Å². The van der Waals surface area contributed by atoms with Crippen molar-refractivity contribution in [3.05, 3.63) is 36.0 Å². The van der Waals surface area contributed by atoms with E-state index in [1.165, 1.54) is 22.7 Å². The number of carbonyl (C=O) groups is 1. The van der Waals surface area contributed by atoms with Gasteiger partial charge in [0.2, 0.25) is 10.0 Å². The van der Waals surface area contributed by atoms with Gasteiger partial charge in [-0.1, -0.05) is 48.9 Å². The van der Waals surface area contributed by atoms with Crippen LogP contribution in [0.5, 0.6) is 0 Å². The van der Waals surface area contributed by atoms with Gasteiger partial charge in [-0.15, -0.1) is 12.4 Å². The van der Waals surface area contributed by atoms with Gasteiger partial charge in [0.15, 0.2) is 9.88 Å². The molecule has 12 heteroatoms. The quantitative estimate of drug-likeness (QED) is 0.388. The number of nitrogens with one attached hydrogen (secondary N) is 1. The van der Waals surface area contributed by atoms with Crippen LogP contribution in [0.3, 0.4) is 0 Å². The Kier molecular flexibility index (Phi) is 9.53. The number of sulfonamides is 1. The lowest BCUT2D eigenvalue weighted by atomic mass is 9.98. The highest BCUT2D eigenvalue weighted by atomic mass is 35.5. The number of rotatable bonds is 8. The van der Waals surface area contributed by atoms with Crippen molar-refractivity contribution in [1.29, 1.82) is 0 Å². The number of hydrogen-bond donors (Lipinski definition) is 2. The van der Waals surface area contributed by atoms with E-state index in [0.29, 0.717) is 13.1 Å². The lowest BCUT2D eigenvalue weighted by Crippen LogP contribution is -2.62. The zero-order chi connectivity index (χ0) is 24.2. The third-order valence-corrected chi connectivity index (χ3v) is 10.4. The zero-order valence-corrected chi connectivity index (χ0v) is 22.3. The maximum absolute atomic E-state index is 13.5. The van der Waals surface area contributed by atoms with Gasteiger partial charge in [-0.2, -0.15) is 4.31 Å². The first-order valence-corrected chi connectivity index (χ1v) is 14.0. The van der Waals surface area contributed by atoms with Gasteiger partial charge in [0.05, 0.1) is 4.88 Å². The van der Waals surface area contributed by atoms with Gasteiger partial charge >= 0.3 is 0 Å². The second-order valence-electron chi connectivity index (χ2n) is 8.75. The average Bonchev–Trinajstić information content (AvgIpc) is 3.38. The lowest BCUT2D eigenvalue weighted by Gasteiger charge is -2.41. The second-order valence-corrected chi connectivity index (χ2v) is 12.0. The standard InChI is InChI=1S/C23H32N4O5S2.ClH/c1-2-3-4-18-5-7-19(8-6-18)20-17-24-22(33-20)26-11-13-27(14-12-26)34(30,31)23(21(28)25-29)9-15-32-16-10-23;/h5-8,17,29H,2-4,9-16H2,1H3,(H,25,28);1H. The van der Waals surface area contributed by atoms with Gasteiger partial charge in [-0.3, -0.25) is 10.0 Å². The van der Waals surface area contributed by atoms with Gasteiger partial charge < -0.3 is 9.64 Å². The number of hydrogen-bond acceptors (Lipinski definition) is 8. The van der Waals surface area contributed by atoms with E-state index in [1.807, 2.05) is 6.20 Å². The molecule has 2 saturated heterocycles. The molecule has 4 rings (SSSR count). The number of carbonyl (C=O) groups excluding carboxylic acids is 1. The number of aryl methyl sites for hydroxylation is 1. The van der Waals surface area contributed by atoms with Crippen LogP contribution in [0.15, 0.2) is 30.5 Å². The highest BCUT2D eigenvalue weighted by molar-refractivity contribution is 7.91. The molecule has 2 aliphatic heterocycles. The molecule has 1 aromatic carbocycles. The van der Waals surface area contributed by atoms with E-state index >= 15 is 0 Å². The number of nitrogens with zero attached hydrogens (tertiary/aromatic N) is 3. The molecule has 0 radical (unpaired) electrons. The molecule has 0 saturated carbocycles. The van der Waals surface area contributed by atoms with Crippen LogP contribution in [-0.4, -0.2) is 73.0 Å². The van der Waals surface area contributed by atoms with E-state index in [2.05, 4.69) is 41.1 Å². The van der Waals surface area contributed by atoms with Gasteiger partial charge in [0.1, 0.15) is 0 Å². The normalized spacial score (nSPS) is 18.6. The number of anilines is 1. The molecule has 35 heavy (non-hydrogen) atoms. The first kappa shape index (κ1) is 27.8. The number of aromatic nitrogens is 1. The van der Waals surface area contributed by atoms with Crippen LogP contribution in [0.4, 0.5) is 5.13 Å². The summed E-state index contributed by atoms with van der Waals surface area (Å²) < 4.78 is 31.9. The number of hydroxylamine groups is 1. The van der Waals surface area contributed by atoms with Crippen LogP contribution in [-0.2, 0) is 26.0 Å². The monoisotopic (exact) mass is 544 g/mol. The average molecular weight is 545 g/mol. The Morgan fingerprint density at radius 3 is 2.43 bits per heavy atom. The zero-order valence-electron chi connectivity index (χ0n) is 19.8. The third kappa shape index (κ3) is 5.65. The molecule has 2 fully saturated rings. The fourth-order valence-corrected chi connectivity index (χ4v) is 7.61. The van der Waals surface area contributed by atoms with Crippen molar-refractivity contribution in [2.45, 2.75) is 43.8 Å². The highest BCUT2D eigenvalue weighted by Gasteiger charge is 2.54. The Morgan fingerprint density at radius 1 is 1.17 bits per heavy atom. The first-order valence-electron chi connectivity index (χ1n) is 11.7. The summed E-state index contributed by atoms with van der Waals surface area (Å²) in [6, 6.07) is 8.60. The van der Waals surface area contributed by atoms with Gasteiger partial charge in [0.25, 0.3) is 5.91 Å². The Balaban J connectivity index is 0.00000342. The predicted molar refractivity (Wildman–Crippen MR) is 139 cm³/mol. The SMILES string of the molecule is CCCCc1ccc(-c2cnc(N3CCN(S(=O)(=O)C4(C(=O)NO)CCOCC4)CC3)s2)cc1.Cl. The summed E-state index contributed by atoms with van der Waals surface area (Å²) in [4.78, 5) is 20.2. The molecule has 2 aromatic rings. The topological polar surface area (TPSA) is 112 Å². The van der Waals surface area contributed by atoms with Gasteiger partial charge in [-0.05, 0) is 24.0 Å². The molecule has 194 valence electrons. The molecule has 1 aromatic heterocycles.